The van der Waals surface area contributed by atoms with Gasteiger partial charge in [-0.25, -0.2) is 0 Å². The van der Waals surface area contributed by atoms with Crippen LogP contribution >= 0.6 is 0 Å². The lowest BCUT2D eigenvalue weighted by Crippen LogP contribution is -2.31. The molecule has 1 N–H and O–H groups in total. The van der Waals surface area contributed by atoms with E-state index in [1.807, 2.05) is 7.11 Å². The number of rotatable bonds is 4. The Morgan fingerprint density at radius 2 is 1.93 bits per heavy atom. The summed E-state index contributed by atoms with van der Waals surface area (Å²) >= 11 is 0. The highest BCUT2D eigenvalue weighted by atomic mass is 16.5. The van der Waals surface area contributed by atoms with Crippen LogP contribution in [0.5, 0.6) is 0 Å². The van der Waals surface area contributed by atoms with E-state index in [4.69, 9.17) is 4.74 Å². The third-order valence-corrected chi connectivity index (χ3v) is 3.89. The molecule has 0 amide bonds. The molecular weight excluding hydrogens is 174 g/mol. The van der Waals surface area contributed by atoms with E-state index in [1.54, 1.807) is 0 Å². The summed E-state index contributed by atoms with van der Waals surface area (Å²) in [6, 6.07) is 0.737. The van der Waals surface area contributed by atoms with Gasteiger partial charge in [-0.3, -0.25) is 0 Å². The van der Waals surface area contributed by atoms with Crippen LogP contribution in [0.1, 0.15) is 44.9 Å². The second-order valence-corrected chi connectivity index (χ2v) is 4.93. The first-order chi connectivity index (χ1) is 6.88. The van der Waals surface area contributed by atoms with Crippen LogP contribution in [-0.4, -0.2) is 25.8 Å². The van der Waals surface area contributed by atoms with Crippen LogP contribution in [0, 0.1) is 5.92 Å². The summed E-state index contributed by atoms with van der Waals surface area (Å²) < 4.78 is 5.37. The summed E-state index contributed by atoms with van der Waals surface area (Å²) in [7, 11) is 1.84. The largest absolute Gasteiger partial charge is 0.381 e. The molecule has 2 rings (SSSR count). The molecule has 0 aliphatic heterocycles. The molecule has 0 radical (unpaired) electrons. The average Bonchev–Trinajstić information content (AvgIpc) is 2.86. The molecule has 0 bridgehead atoms. The quantitative estimate of drug-likeness (QED) is 0.747. The lowest BCUT2D eigenvalue weighted by atomic mass is 10.1. The SMILES string of the molecule is COC1CCC(NCC2CCCC2)C1. The Morgan fingerprint density at radius 3 is 2.57 bits per heavy atom. The smallest absolute Gasteiger partial charge is 0.0586 e. The van der Waals surface area contributed by atoms with Gasteiger partial charge in [0.2, 0.25) is 0 Å². The fourth-order valence-electron chi connectivity index (χ4n) is 2.89. The van der Waals surface area contributed by atoms with Crippen molar-refractivity contribution in [3.63, 3.8) is 0 Å². The Hall–Kier alpha value is -0.0800. The maximum absolute atomic E-state index is 5.37. The molecule has 2 saturated carbocycles. The molecular formula is C12H23NO. The zero-order valence-corrected chi connectivity index (χ0v) is 9.30. The van der Waals surface area contributed by atoms with Gasteiger partial charge in [0.05, 0.1) is 6.10 Å². The molecule has 2 aliphatic rings. The molecule has 0 aromatic carbocycles. The molecule has 2 fully saturated rings. The van der Waals surface area contributed by atoms with Crippen LogP contribution in [0.3, 0.4) is 0 Å². The molecule has 0 spiro atoms. The van der Waals surface area contributed by atoms with E-state index in [1.165, 1.54) is 51.5 Å². The third kappa shape index (κ3) is 2.71. The molecule has 2 atom stereocenters. The zero-order valence-electron chi connectivity index (χ0n) is 9.30. The summed E-state index contributed by atoms with van der Waals surface area (Å²) in [5.74, 6) is 0.969. The van der Waals surface area contributed by atoms with Crippen molar-refractivity contribution in [2.75, 3.05) is 13.7 Å². The van der Waals surface area contributed by atoms with Crippen LogP contribution in [0.15, 0.2) is 0 Å². The highest BCUT2D eigenvalue weighted by Crippen LogP contribution is 2.26. The third-order valence-electron chi connectivity index (χ3n) is 3.89. The predicted molar refractivity (Wildman–Crippen MR) is 58.4 cm³/mol. The average molecular weight is 197 g/mol. The van der Waals surface area contributed by atoms with E-state index >= 15 is 0 Å². The minimum atomic E-state index is 0.524. The molecule has 2 aliphatic carbocycles. The summed E-state index contributed by atoms with van der Waals surface area (Å²) in [6.07, 6.45) is 10.1. The molecule has 2 heteroatoms. The van der Waals surface area contributed by atoms with Gasteiger partial charge in [0.1, 0.15) is 0 Å². The summed E-state index contributed by atoms with van der Waals surface area (Å²) in [5.41, 5.74) is 0. The highest BCUT2D eigenvalue weighted by Gasteiger charge is 2.25. The maximum atomic E-state index is 5.37. The van der Waals surface area contributed by atoms with E-state index in [-0.39, 0.29) is 0 Å². The first-order valence-electron chi connectivity index (χ1n) is 6.14. The van der Waals surface area contributed by atoms with Crippen molar-refractivity contribution in [2.45, 2.75) is 57.1 Å². The van der Waals surface area contributed by atoms with Crippen molar-refractivity contribution in [3.8, 4) is 0 Å². The standard InChI is InChI=1S/C12H23NO/c1-14-12-7-6-11(8-12)13-9-10-4-2-3-5-10/h10-13H,2-9H2,1H3. The van der Waals surface area contributed by atoms with Crippen LogP contribution in [0.4, 0.5) is 0 Å². The van der Waals surface area contributed by atoms with E-state index in [2.05, 4.69) is 5.32 Å². The Morgan fingerprint density at radius 1 is 1.14 bits per heavy atom. The molecule has 0 heterocycles. The van der Waals surface area contributed by atoms with Crippen molar-refractivity contribution in [2.24, 2.45) is 5.92 Å². The Kier molecular flexibility index (Phi) is 3.82. The Labute approximate surface area is 87.4 Å². The van der Waals surface area contributed by atoms with Gasteiger partial charge in [0.25, 0.3) is 0 Å². The molecule has 0 aromatic heterocycles. The van der Waals surface area contributed by atoms with E-state index in [0.717, 1.165) is 12.0 Å². The van der Waals surface area contributed by atoms with Crippen molar-refractivity contribution in [3.05, 3.63) is 0 Å². The van der Waals surface area contributed by atoms with Crippen LogP contribution in [-0.2, 0) is 4.74 Å². The lowest BCUT2D eigenvalue weighted by Gasteiger charge is -2.16. The monoisotopic (exact) mass is 197 g/mol. The second kappa shape index (κ2) is 5.13. The first kappa shape index (κ1) is 10.4. The van der Waals surface area contributed by atoms with Crippen molar-refractivity contribution in [1.29, 1.82) is 0 Å². The molecule has 2 unspecified atom stereocenters. The number of methoxy groups -OCH3 is 1. The minimum absolute atomic E-state index is 0.524. The van der Waals surface area contributed by atoms with Gasteiger partial charge in [-0.1, -0.05) is 12.8 Å². The Bertz CT molecular complexity index is 166. The van der Waals surface area contributed by atoms with E-state index in [9.17, 15) is 0 Å². The van der Waals surface area contributed by atoms with Crippen LogP contribution < -0.4 is 5.32 Å². The zero-order chi connectivity index (χ0) is 9.80. The fourth-order valence-corrected chi connectivity index (χ4v) is 2.89. The topological polar surface area (TPSA) is 21.3 Å². The van der Waals surface area contributed by atoms with Gasteiger partial charge in [-0.05, 0) is 44.6 Å². The van der Waals surface area contributed by atoms with Gasteiger partial charge in [0.15, 0.2) is 0 Å². The minimum Gasteiger partial charge on any atom is -0.381 e. The first-order valence-corrected chi connectivity index (χ1v) is 6.14. The summed E-state index contributed by atoms with van der Waals surface area (Å²) in [6.45, 7) is 1.25. The summed E-state index contributed by atoms with van der Waals surface area (Å²) in [4.78, 5) is 0. The fraction of sp³-hybridized carbons (Fsp3) is 1.00. The molecule has 2 nitrogen and oxygen atoms in total. The number of hydrogen-bond donors (Lipinski definition) is 1. The predicted octanol–water partition coefficient (Wildman–Crippen LogP) is 2.33. The van der Waals surface area contributed by atoms with Gasteiger partial charge in [0, 0.05) is 13.2 Å². The maximum Gasteiger partial charge on any atom is 0.0586 e. The van der Waals surface area contributed by atoms with Gasteiger partial charge in [-0.15, -0.1) is 0 Å². The molecule has 0 aromatic rings. The number of ether oxygens (including phenoxy) is 1. The van der Waals surface area contributed by atoms with Crippen molar-refractivity contribution < 1.29 is 4.74 Å². The van der Waals surface area contributed by atoms with E-state index < -0.39 is 0 Å². The van der Waals surface area contributed by atoms with Crippen molar-refractivity contribution >= 4 is 0 Å². The second-order valence-electron chi connectivity index (χ2n) is 4.93. The van der Waals surface area contributed by atoms with Gasteiger partial charge in [-0.2, -0.15) is 0 Å². The normalized spacial score (nSPS) is 34.1. The van der Waals surface area contributed by atoms with Crippen LogP contribution in [0.2, 0.25) is 0 Å². The van der Waals surface area contributed by atoms with Gasteiger partial charge >= 0.3 is 0 Å². The van der Waals surface area contributed by atoms with Crippen LogP contribution in [0.25, 0.3) is 0 Å². The highest BCUT2D eigenvalue weighted by molar-refractivity contribution is 4.82. The number of hydrogen-bond acceptors (Lipinski definition) is 2. The van der Waals surface area contributed by atoms with Crippen molar-refractivity contribution in [1.82, 2.24) is 5.32 Å². The lowest BCUT2D eigenvalue weighted by molar-refractivity contribution is 0.107. The Balaban J connectivity index is 1.61. The van der Waals surface area contributed by atoms with E-state index in [0.29, 0.717) is 6.10 Å². The molecule has 14 heavy (non-hydrogen) atoms. The summed E-state index contributed by atoms with van der Waals surface area (Å²) in [5, 5.41) is 3.71. The molecule has 82 valence electrons. The molecule has 0 saturated heterocycles. The number of nitrogens with one attached hydrogen (secondary N) is 1. The van der Waals surface area contributed by atoms with Gasteiger partial charge < -0.3 is 10.1 Å².